The second-order valence-corrected chi connectivity index (χ2v) is 8.07. The molecule has 1 aromatic rings. The van der Waals surface area contributed by atoms with E-state index in [1.54, 1.807) is 4.90 Å². The number of carbonyl (C=O) groups is 3. The normalized spacial score (nSPS) is 24.9. The van der Waals surface area contributed by atoms with E-state index in [-0.39, 0.29) is 23.7 Å². The Bertz CT molecular complexity index is 752. The minimum Gasteiger partial charge on any atom is -0.368 e. The summed E-state index contributed by atoms with van der Waals surface area (Å²) in [4.78, 5) is 44.0. The molecule has 7 heteroatoms. The van der Waals surface area contributed by atoms with Crippen LogP contribution < -0.4 is 4.90 Å². The van der Waals surface area contributed by atoms with E-state index < -0.39 is 0 Å². The largest absolute Gasteiger partial charge is 0.368 e. The van der Waals surface area contributed by atoms with E-state index in [9.17, 15) is 14.4 Å². The topological polar surface area (TPSA) is 64.2 Å². The molecule has 3 aliphatic rings. The van der Waals surface area contributed by atoms with Gasteiger partial charge in [-0.2, -0.15) is 0 Å². The second-order valence-electron chi connectivity index (χ2n) is 8.07. The third-order valence-corrected chi connectivity index (χ3v) is 6.16. The molecule has 7 nitrogen and oxygen atoms in total. The van der Waals surface area contributed by atoms with Crippen LogP contribution in [0.15, 0.2) is 24.3 Å². The zero-order chi connectivity index (χ0) is 19.7. The van der Waals surface area contributed by atoms with Crippen molar-refractivity contribution in [2.24, 2.45) is 11.8 Å². The Morgan fingerprint density at radius 2 is 1.46 bits per heavy atom. The molecule has 1 aromatic carbocycles. The van der Waals surface area contributed by atoms with Crippen molar-refractivity contribution in [3.8, 4) is 0 Å². The summed E-state index contributed by atoms with van der Waals surface area (Å²) in [7, 11) is 0. The molecule has 0 N–H and O–H groups in total. The number of hydrogen-bond acceptors (Lipinski definition) is 4. The predicted octanol–water partition coefficient (Wildman–Crippen LogP) is 0.580. The summed E-state index contributed by atoms with van der Waals surface area (Å²) >= 11 is 0. The Balaban J connectivity index is 1.26. The van der Waals surface area contributed by atoms with Gasteiger partial charge in [0.1, 0.15) is 0 Å². The van der Waals surface area contributed by atoms with Crippen molar-refractivity contribution in [2.75, 3.05) is 57.3 Å². The molecular weight excluding hydrogens is 356 g/mol. The van der Waals surface area contributed by atoms with Gasteiger partial charge in [-0.3, -0.25) is 14.4 Å². The van der Waals surface area contributed by atoms with Crippen molar-refractivity contribution in [2.45, 2.75) is 13.3 Å². The van der Waals surface area contributed by atoms with E-state index in [0.717, 1.165) is 19.5 Å². The Labute approximate surface area is 165 Å². The molecule has 1 saturated carbocycles. The van der Waals surface area contributed by atoms with Crippen LogP contribution in [0.2, 0.25) is 0 Å². The molecule has 0 radical (unpaired) electrons. The first-order valence-electron chi connectivity index (χ1n) is 10.2. The number of amides is 3. The van der Waals surface area contributed by atoms with Crippen LogP contribution in [0.1, 0.15) is 12.0 Å². The summed E-state index contributed by atoms with van der Waals surface area (Å²) < 4.78 is 0. The fraction of sp³-hybridized carbons (Fsp3) is 0.571. The molecule has 0 aromatic heterocycles. The molecule has 2 aliphatic heterocycles. The summed E-state index contributed by atoms with van der Waals surface area (Å²) in [5.74, 6) is -0.0942. The molecule has 2 unspecified atom stereocenters. The second kappa shape index (κ2) is 7.81. The van der Waals surface area contributed by atoms with Crippen LogP contribution in [0.3, 0.4) is 0 Å². The maximum absolute atomic E-state index is 12.8. The van der Waals surface area contributed by atoms with Crippen LogP contribution in [0.5, 0.6) is 0 Å². The maximum atomic E-state index is 12.8. The molecule has 2 atom stereocenters. The van der Waals surface area contributed by atoms with Crippen molar-refractivity contribution in [3.05, 3.63) is 29.8 Å². The molecule has 2 saturated heterocycles. The van der Waals surface area contributed by atoms with Gasteiger partial charge in [-0.25, -0.2) is 0 Å². The molecule has 28 heavy (non-hydrogen) atoms. The monoisotopic (exact) mass is 384 g/mol. The first kappa shape index (κ1) is 18.8. The molecule has 2 heterocycles. The molecule has 1 aliphatic carbocycles. The highest BCUT2D eigenvalue weighted by Crippen LogP contribution is 2.41. The zero-order valence-corrected chi connectivity index (χ0v) is 16.4. The van der Waals surface area contributed by atoms with Crippen LogP contribution in [-0.4, -0.2) is 85.3 Å². The van der Waals surface area contributed by atoms with Gasteiger partial charge in [0.2, 0.25) is 18.2 Å². The highest BCUT2D eigenvalue weighted by Gasteiger charge is 2.51. The third kappa shape index (κ3) is 3.84. The fourth-order valence-electron chi connectivity index (χ4n) is 4.27. The number of anilines is 1. The van der Waals surface area contributed by atoms with E-state index in [4.69, 9.17) is 0 Å². The lowest BCUT2D eigenvalue weighted by atomic mass is 10.1. The fourth-order valence-corrected chi connectivity index (χ4v) is 4.27. The number of carbonyl (C=O) groups excluding carboxylic acids is 3. The Hall–Kier alpha value is -2.57. The average Bonchev–Trinajstić information content (AvgIpc) is 3.54. The van der Waals surface area contributed by atoms with Gasteiger partial charge in [0.05, 0.1) is 11.8 Å². The van der Waals surface area contributed by atoms with Gasteiger partial charge in [0, 0.05) is 58.0 Å². The van der Waals surface area contributed by atoms with E-state index in [2.05, 4.69) is 36.1 Å². The average molecular weight is 384 g/mol. The number of nitrogens with zero attached hydrogens (tertiary/aromatic N) is 4. The molecule has 0 spiro atoms. The van der Waals surface area contributed by atoms with Crippen molar-refractivity contribution >= 4 is 23.9 Å². The molecule has 4 rings (SSSR count). The summed E-state index contributed by atoms with van der Waals surface area (Å²) in [5, 5.41) is 0. The SMILES string of the molecule is Cc1cccc(N2CCN(C(=O)C3CC3C(=O)N3CCN(C=O)CC3)CC2)c1. The third-order valence-electron chi connectivity index (χ3n) is 6.16. The highest BCUT2D eigenvalue weighted by molar-refractivity contribution is 5.92. The van der Waals surface area contributed by atoms with E-state index in [1.807, 2.05) is 9.80 Å². The number of rotatable bonds is 4. The van der Waals surface area contributed by atoms with Crippen LogP contribution in [0.25, 0.3) is 0 Å². The quantitative estimate of drug-likeness (QED) is 0.713. The molecule has 3 fully saturated rings. The Kier molecular flexibility index (Phi) is 5.24. The van der Waals surface area contributed by atoms with Gasteiger partial charge in [-0.15, -0.1) is 0 Å². The molecule has 0 bridgehead atoms. The lowest BCUT2D eigenvalue weighted by Gasteiger charge is -2.36. The van der Waals surface area contributed by atoms with Gasteiger partial charge in [-0.05, 0) is 31.0 Å². The van der Waals surface area contributed by atoms with Crippen molar-refractivity contribution in [1.82, 2.24) is 14.7 Å². The van der Waals surface area contributed by atoms with Gasteiger partial charge < -0.3 is 19.6 Å². The van der Waals surface area contributed by atoms with Gasteiger partial charge in [0.15, 0.2) is 0 Å². The van der Waals surface area contributed by atoms with Crippen LogP contribution in [0, 0.1) is 18.8 Å². The van der Waals surface area contributed by atoms with Crippen LogP contribution in [0.4, 0.5) is 5.69 Å². The smallest absolute Gasteiger partial charge is 0.226 e. The minimum atomic E-state index is -0.162. The minimum absolute atomic E-state index is 0.0855. The van der Waals surface area contributed by atoms with Crippen LogP contribution >= 0.6 is 0 Å². The molecule has 3 amide bonds. The lowest BCUT2D eigenvalue weighted by Crippen LogP contribution is -2.50. The van der Waals surface area contributed by atoms with Crippen LogP contribution in [-0.2, 0) is 14.4 Å². The van der Waals surface area contributed by atoms with E-state index in [0.29, 0.717) is 45.7 Å². The first-order chi connectivity index (χ1) is 13.6. The lowest BCUT2D eigenvalue weighted by molar-refractivity contribution is -0.139. The van der Waals surface area contributed by atoms with Crippen molar-refractivity contribution in [1.29, 1.82) is 0 Å². The van der Waals surface area contributed by atoms with Gasteiger partial charge >= 0.3 is 0 Å². The Morgan fingerprint density at radius 1 is 0.893 bits per heavy atom. The maximum Gasteiger partial charge on any atom is 0.226 e. The molecule has 150 valence electrons. The Morgan fingerprint density at radius 3 is 2.00 bits per heavy atom. The highest BCUT2D eigenvalue weighted by atomic mass is 16.2. The standard InChI is InChI=1S/C21H28N4O3/c1-16-3-2-4-17(13-16)23-9-11-25(12-10-23)21(28)19-14-18(19)20(27)24-7-5-22(15-26)6-8-24/h2-4,13,15,18-19H,5-12,14H2,1H3. The summed E-state index contributed by atoms with van der Waals surface area (Å²) in [6, 6.07) is 8.45. The number of benzene rings is 1. The zero-order valence-electron chi connectivity index (χ0n) is 16.4. The summed E-state index contributed by atoms with van der Waals surface area (Å²) in [6.07, 6.45) is 1.51. The molecular formula is C21H28N4O3. The van der Waals surface area contributed by atoms with Crippen molar-refractivity contribution in [3.63, 3.8) is 0 Å². The van der Waals surface area contributed by atoms with Gasteiger partial charge in [0.25, 0.3) is 0 Å². The van der Waals surface area contributed by atoms with Crippen molar-refractivity contribution < 1.29 is 14.4 Å². The first-order valence-corrected chi connectivity index (χ1v) is 10.2. The predicted molar refractivity (Wildman–Crippen MR) is 106 cm³/mol. The van der Waals surface area contributed by atoms with E-state index in [1.165, 1.54) is 11.3 Å². The number of hydrogen-bond donors (Lipinski definition) is 0. The van der Waals surface area contributed by atoms with E-state index >= 15 is 0 Å². The summed E-state index contributed by atoms with van der Waals surface area (Å²) in [6.45, 7) is 7.48. The summed E-state index contributed by atoms with van der Waals surface area (Å²) in [5.41, 5.74) is 2.45. The number of aryl methyl sites for hydroxylation is 1. The number of piperazine rings is 2. The van der Waals surface area contributed by atoms with Gasteiger partial charge in [-0.1, -0.05) is 12.1 Å².